The first-order chi connectivity index (χ1) is 39.9. The van der Waals surface area contributed by atoms with E-state index in [0.717, 1.165) is 139 Å². The molecule has 0 aliphatic rings. The number of para-hydroxylation sites is 6. The summed E-state index contributed by atoms with van der Waals surface area (Å²) in [7, 11) is 0. The zero-order chi connectivity index (χ0) is 54.3. The zero-order valence-corrected chi connectivity index (χ0v) is 44.3. The van der Waals surface area contributed by atoms with Gasteiger partial charge in [0, 0.05) is 71.6 Å². The summed E-state index contributed by atoms with van der Waals surface area (Å²) < 4.78 is 7.03. The van der Waals surface area contributed by atoms with Gasteiger partial charge in [-0.25, -0.2) is 4.98 Å². The Morgan fingerprint density at radius 3 is 1.27 bits per heavy atom. The Bertz CT molecular complexity index is 5100. The van der Waals surface area contributed by atoms with E-state index >= 15 is 0 Å². The molecule has 15 rings (SSSR count). The van der Waals surface area contributed by atoms with Crippen molar-refractivity contribution in [3.8, 4) is 85.1 Å². The highest BCUT2D eigenvalue weighted by Gasteiger charge is 2.27. The average Bonchev–Trinajstić information content (AvgIpc) is 4.22. The molecule has 0 saturated carbocycles. The van der Waals surface area contributed by atoms with E-state index in [1.165, 1.54) is 10.8 Å². The number of benzene rings is 10. The van der Waals surface area contributed by atoms with Crippen LogP contribution in [0.25, 0.3) is 138 Å². The maximum atomic E-state index is 10.2. The number of aromatic nitrogens is 5. The predicted molar refractivity (Wildman–Crippen MR) is 331 cm³/mol. The molecule has 81 heavy (non-hydrogen) atoms. The summed E-state index contributed by atoms with van der Waals surface area (Å²) in [5, 5.41) is 26.8. The highest BCUT2D eigenvalue weighted by Crippen LogP contribution is 2.49. The number of fused-ring (bicyclic) bond motifs is 9. The van der Waals surface area contributed by atoms with Crippen LogP contribution in [0.2, 0.25) is 0 Å². The molecule has 0 fully saturated rings. The molecule has 0 radical (unpaired) electrons. The molecule has 7 heteroatoms. The molecular weight excluding hydrogens is 987 g/mol. The lowest BCUT2D eigenvalue weighted by atomic mass is 9.85. The van der Waals surface area contributed by atoms with Crippen molar-refractivity contribution in [1.82, 2.24) is 23.7 Å². The number of hydrogen-bond donors (Lipinski definition) is 0. The van der Waals surface area contributed by atoms with Crippen LogP contribution in [0.5, 0.6) is 0 Å². The Hall–Kier alpha value is -11.1. The number of aryl methyl sites for hydroxylation is 2. The molecule has 10 aromatic carbocycles. The second-order valence-electron chi connectivity index (χ2n) is 20.8. The minimum atomic E-state index is 0.610. The van der Waals surface area contributed by atoms with Crippen LogP contribution in [0, 0.1) is 36.5 Å². The molecule has 0 atom stereocenters. The number of rotatable bonds is 8. The molecule has 0 spiro atoms. The van der Waals surface area contributed by atoms with Crippen LogP contribution >= 0.6 is 0 Å². The molecule has 0 amide bonds. The number of nitriles is 2. The van der Waals surface area contributed by atoms with E-state index in [4.69, 9.17) is 9.97 Å². The quantitative estimate of drug-likeness (QED) is 0.152. The van der Waals surface area contributed by atoms with Crippen molar-refractivity contribution in [3.05, 3.63) is 271 Å². The molecule has 0 aliphatic heterocycles. The summed E-state index contributed by atoms with van der Waals surface area (Å²) in [5.74, 6) is 0. The molecule has 15 aromatic rings. The SMILES string of the molecule is Cc1cc(-c2ccccc2-c2cc(-c3ccccc3-n3c4ccccc4c4cc(C#N)ccc43)nc(-c3ccc(-n4c5ccccc5c5ccccc54)cc3)c2-c2ccccc2-n2c3ccccc3c3cc(C#N)ccc32)cc(C)n1. The summed E-state index contributed by atoms with van der Waals surface area (Å²) in [6, 6.07) is 92.5. The summed E-state index contributed by atoms with van der Waals surface area (Å²) in [4.78, 5) is 10.8. The lowest BCUT2D eigenvalue weighted by Gasteiger charge is -2.23. The smallest absolute Gasteiger partial charge is 0.0991 e. The maximum absolute atomic E-state index is 10.2. The van der Waals surface area contributed by atoms with Crippen molar-refractivity contribution in [2.75, 3.05) is 0 Å². The van der Waals surface area contributed by atoms with Crippen LogP contribution in [-0.4, -0.2) is 23.7 Å². The van der Waals surface area contributed by atoms with Crippen molar-refractivity contribution in [2.45, 2.75) is 13.8 Å². The second-order valence-corrected chi connectivity index (χ2v) is 20.8. The van der Waals surface area contributed by atoms with Gasteiger partial charge in [0.15, 0.2) is 0 Å². The lowest BCUT2D eigenvalue weighted by molar-refractivity contribution is 1.12. The average molecular weight is 1030 g/mol. The summed E-state index contributed by atoms with van der Waals surface area (Å²) >= 11 is 0. The van der Waals surface area contributed by atoms with Gasteiger partial charge in [-0.15, -0.1) is 0 Å². The van der Waals surface area contributed by atoms with Crippen molar-refractivity contribution in [3.63, 3.8) is 0 Å². The standard InChI is InChI=1S/C74H47N7/c1-46-39-51(40-47(2)77-46)53-17-3-4-18-54(53)63-43-64(59-23-9-15-29-69(59)80-67-27-13-7-21-57(67)61-41-48(44-75)31-37-71(61)80)78-74(50-33-35-52(36-34-50)79-65-25-11-5-19-55(65)56-20-6-12-26-66(56)79)73(63)60-24-10-16-30-70(60)81-68-28-14-8-22-58(68)62-42-49(45-76)32-38-72(62)81/h3-43H,1-2H3. The van der Waals surface area contributed by atoms with E-state index in [-0.39, 0.29) is 0 Å². The van der Waals surface area contributed by atoms with E-state index in [1.807, 2.05) is 24.3 Å². The molecule has 5 aromatic heterocycles. The fourth-order valence-electron chi connectivity index (χ4n) is 12.7. The Morgan fingerprint density at radius 2 is 0.741 bits per heavy atom. The lowest BCUT2D eigenvalue weighted by Crippen LogP contribution is -2.04. The van der Waals surface area contributed by atoms with Crippen LogP contribution in [0.1, 0.15) is 22.5 Å². The highest BCUT2D eigenvalue weighted by molar-refractivity contribution is 6.13. The first kappa shape index (κ1) is 47.1. The normalized spacial score (nSPS) is 11.6. The minimum absolute atomic E-state index is 0.610. The first-order valence-electron chi connectivity index (χ1n) is 27.2. The van der Waals surface area contributed by atoms with E-state index in [0.29, 0.717) is 11.1 Å². The van der Waals surface area contributed by atoms with E-state index in [9.17, 15) is 10.5 Å². The molecule has 0 unspecified atom stereocenters. The summed E-state index contributed by atoms with van der Waals surface area (Å²) in [6.07, 6.45) is 0. The monoisotopic (exact) mass is 1030 g/mol. The third-order valence-corrected chi connectivity index (χ3v) is 16.0. The van der Waals surface area contributed by atoms with Gasteiger partial charge in [0.05, 0.1) is 79.1 Å². The van der Waals surface area contributed by atoms with Gasteiger partial charge in [-0.3, -0.25) is 4.98 Å². The van der Waals surface area contributed by atoms with Crippen molar-refractivity contribution in [2.24, 2.45) is 0 Å². The Balaban J connectivity index is 1.07. The maximum Gasteiger partial charge on any atom is 0.0991 e. The van der Waals surface area contributed by atoms with Gasteiger partial charge in [-0.05, 0) is 139 Å². The summed E-state index contributed by atoms with van der Waals surface area (Å²) in [5.41, 5.74) is 22.0. The Labute approximate surface area is 467 Å². The molecule has 0 bridgehead atoms. The number of hydrogen-bond acceptors (Lipinski definition) is 4. The van der Waals surface area contributed by atoms with Gasteiger partial charge in [0.25, 0.3) is 0 Å². The molecule has 0 aliphatic carbocycles. The molecular formula is C74H47N7. The zero-order valence-electron chi connectivity index (χ0n) is 44.3. The Kier molecular flexibility index (Phi) is 10.9. The predicted octanol–water partition coefficient (Wildman–Crippen LogP) is 18.5. The van der Waals surface area contributed by atoms with Gasteiger partial charge in [-0.1, -0.05) is 146 Å². The first-order valence-corrected chi connectivity index (χ1v) is 27.2. The minimum Gasteiger partial charge on any atom is -0.309 e. The fraction of sp³-hybridized carbons (Fsp3) is 0.0270. The second kappa shape index (κ2) is 18.8. The molecule has 0 saturated heterocycles. The highest BCUT2D eigenvalue weighted by atomic mass is 15.0. The topological polar surface area (TPSA) is 88.1 Å². The molecule has 7 nitrogen and oxygen atoms in total. The number of nitrogens with zero attached hydrogens (tertiary/aromatic N) is 7. The third-order valence-electron chi connectivity index (χ3n) is 16.0. The van der Waals surface area contributed by atoms with Gasteiger partial charge in [0.2, 0.25) is 0 Å². The molecule has 378 valence electrons. The fourth-order valence-corrected chi connectivity index (χ4v) is 12.7. The van der Waals surface area contributed by atoms with Crippen LogP contribution in [0.15, 0.2) is 249 Å². The van der Waals surface area contributed by atoms with Gasteiger partial charge in [0.1, 0.15) is 0 Å². The largest absolute Gasteiger partial charge is 0.309 e. The van der Waals surface area contributed by atoms with Crippen molar-refractivity contribution < 1.29 is 0 Å². The van der Waals surface area contributed by atoms with Gasteiger partial charge in [-0.2, -0.15) is 10.5 Å². The summed E-state index contributed by atoms with van der Waals surface area (Å²) in [6.45, 7) is 4.12. The van der Waals surface area contributed by atoms with Crippen molar-refractivity contribution >= 4 is 65.4 Å². The van der Waals surface area contributed by atoms with Crippen LogP contribution in [-0.2, 0) is 0 Å². The van der Waals surface area contributed by atoms with Gasteiger partial charge < -0.3 is 13.7 Å². The van der Waals surface area contributed by atoms with Crippen molar-refractivity contribution in [1.29, 1.82) is 10.5 Å². The van der Waals surface area contributed by atoms with Crippen LogP contribution in [0.4, 0.5) is 0 Å². The van der Waals surface area contributed by atoms with E-state index < -0.39 is 0 Å². The molecule has 0 N–H and O–H groups in total. The van der Waals surface area contributed by atoms with E-state index in [1.54, 1.807) is 0 Å². The van der Waals surface area contributed by atoms with Gasteiger partial charge >= 0.3 is 0 Å². The number of pyridine rings is 2. The van der Waals surface area contributed by atoms with Crippen LogP contribution < -0.4 is 0 Å². The Morgan fingerprint density at radius 1 is 0.321 bits per heavy atom. The molecule has 5 heterocycles. The van der Waals surface area contributed by atoms with Crippen LogP contribution in [0.3, 0.4) is 0 Å². The van der Waals surface area contributed by atoms with E-state index in [2.05, 4.69) is 264 Å². The third kappa shape index (κ3) is 7.56.